The summed E-state index contributed by atoms with van der Waals surface area (Å²) in [6.45, 7) is 7.86. The second-order valence-corrected chi connectivity index (χ2v) is 6.37. The SMILES string of the molecule is CCCNC(C)(CCCN1CCC(N(C)C)C1)C(=O)O. The fourth-order valence-electron chi connectivity index (χ4n) is 2.76. The summed E-state index contributed by atoms with van der Waals surface area (Å²) in [4.78, 5) is 16.1. The second kappa shape index (κ2) is 7.96. The van der Waals surface area contributed by atoms with Gasteiger partial charge in [0.15, 0.2) is 0 Å². The zero-order chi connectivity index (χ0) is 15.2. The maximum Gasteiger partial charge on any atom is 0.323 e. The summed E-state index contributed by atoms with van der Waals surface area (Å²) in [5, 5.41) is 12.6. The quantitative estimate of drug-likeness (QED) is 0.668. The predicted octanol–water partition coefficient (Wildman–Crippen LogP) is 1.25. The highest BCUT2D eigenvalue weighted by molar-refractivity contribution is 5.78. The number of likely N-dealkylation sites (N-methyl/N-ethyl adjacent to an activating group) is 1. The van der Waals surface area contributed by atoms with Crippen LogP contribution in [0.5, 0.6) is 0 Å². The Hall–Kier alpha value is -0.650. The highest BCUT2D eigenvalue weighted by Crippen LogP contribution is 2.17. The molecule has 118 valence electrons. The lowest BCUT2D eigenvalue weighted by Crippen LogP contribution is -2.50. The lowest BCUT2D eigenvalue weighted by atomic mass is 9.95. The minimum Gasteiger partial charge on any atom is -0.480 e. The Morgan fingerprint density at radius 2 is 2.20 bits per heavy atom. The average Bonchev–Trinajstić information content (AvgIpc) is 2.85. The van der Waals surface area contributed by atoms with Crippen molar-refractivity contribution in [1.82, 2.24) is 15.1 Å². The number of hydrogen-bond acceptors (Lipinski definition) is 4. The molecule has 0 aromatic rings. The summed E-state index contributed by atoms with van der Waals surface area (Å²) < 4.78 is 0. The second-order valence-electron chi connectivity index (χ2n) is 6.37. The third-order valence-electron chi connectivity index (χ3n) is 4.37. The topological polar surface area (TPSA) is 55.8 Å². The van der Waals surface area contributed by atoms with Crippen molar-refractivity contribution < 1.29 is 9.90 Å². The van der Waals surface area contributed by atoms with E-state index in [0.29, 0.717) is 12.5 Å². The maximum absolute atomic E-state index is 11.4. The number of carboxylic acid groups (broad SMARTS) is 1. The summed E-state index contributed by atoms with van der Waals surface area (Å²) in [6, 6.07) is 0.652. The Morgan fingerprint density at radius 3 is 2.70 bits per heavy atom. The van der Waals surface area contributed by atoms with Crippen molar-refractivity contribution in [2.75, 3.05) is 40.3 Å². The third kappa shape index (κ3) is 5.04. The van der Waals surface area contributed by atoms with Crippen molar-refractivity contribution in [2.24, 2.45) is 0 Å². The number of carboxylic acids is 1. The summed E-state index contributed by atoms with van der Waals surface area (Å²) in [5.41, 5.74) is -0.781. The van der Waals surface area contributed by atoms with Crippen LogP contribution >= 0.6 is 0 Å². The lowest BCUT2D eigenvalue weighted by Gasteiger charge is -2.27. The molecule has 2 unspecified atom stereocenters. The van der Waals surface area contributed by atoms with Gasteiger partial charge in [0.25, 0.3) is 0 Å². The Morgan fingerprint density at radius 1 is 1.50 bits per heavy atom. The first kappa shape index (κ1) is 17.4. The van der Waals surface area contributed by atoms with Crippen LogP contribution in [0.1, 0.15) is 39.5 Å². The van der Waals surface area contributed by atoms with Gasteiger partial charge < -0.3 is 20.2 Å². The van der Waals surface area contributed by atoms with Gasteiger partial charge in [-0.25, -0.2) is 0 Å². The van der Waals surface area contributed by atoms with Crippen LogP contribution in [0, 0.1) is 0 Å². The summed E-state index contributed by atoms with van der Waals surface area (Å²) >= 11 is 0. The van der Waals surface area contributed by atoms with Crippen LogP contribution < -0.4 is 5.32 Å². The number of rotatable bonds is 9. The fourth-order valence-corrected chi connectivity index (χ4v) is 2.76. The van der Waals surface area contributed by atoms with Crippen molar-refractivity contribution in [2.45, 2.75) is 51.1 Å². The molecule has 0 radical (unpaired) electrons. The predicted molar refractivity (Wildman–Crippen MR) is 82.1 cm³/mol. The van der Waals surface area contributed by atoms with Crippen LogP contribution in [0.2, 0.25) is 0 Å². The first-order valence-corrected chi connectivity index (χ1v) is 7.76. The third-order valence-corrected chi connectivity index (χ3v) is 4.37. The molecule has 0 saturated carbocycles. The molecule has 1 aliphatic rings. The monoisotopic (exact) mass is 285 g/mol. The molecule has 2 atom stereocenters. The highest BCUT2D eigenvalue weighted by Gasteiger charge is 2.32. The molecule has 2 N–H and O–H groups in total. The molecule has 5 heteroatoms. The number of likely N-dealkylation sites (tertiary alicyclic amines) is 1. The van der Waals surface area contributed by atoms with Gasteiger partial charge in [0.2, 0.25) is 0 Å². The van der Waals surface area contributed by atoms with E-state index in [1.54, 1.807) is 6.92 Å². The number of nitrogens with zero attached hydrogens (tertiary/aromatic N) is 2. The molecule has 0 aromatic heterocycles. The van der Waals surface area contributed by atoms with E-state index in [9.17, 15) is 9.90 Å². The van der Waals surface area contributed by atoms with Crippen LogP contribution in [-0.4, -0.2) is 72.7 Å². The minimum atomic E-state index is -0.781. The van der Waals surface area contributed by atoms with Gasteiger partial charge in [0, 0.05) is 12.6 Å². The van der Waals surface area contributed by atoms with Gasteiger partial charge in [-0.3, -0.25) is 4.79 Å². The molecule has 1 aliphatic heterocycles. The van der Waals surface area contributed by atoms with E-state index in [0.717, 1.165) is 39.0 Å². The van der Waals surface area contributed by atoms with Crippen LogP contribution in [-0.2, 0) is 4.79 Å². The van der Waals surface area contributed by atoms with E-state index in [4.69, 9.17) is 0 Å². The average molecular weight is 285 g/mol. The number of hydrogen-bond donors (Lipinski definition) is 2. The van der Waals surface area contributed by atoms with E-state index in [-0.39, 0.29) is 0 Å². The van der Waals surface area contributed by atoms with Crippen molar-refractivity contribution in [3.8, 4) is 0 Å². The Labute approximate surface area is 123 Å². The molecule has 0 spiro atoms. The van der Waals surface area contributed by atoms with Gasteiger partial charge in [0.05, 0.1) is 0 Å². The molecule has 1 heterocycles. The van der Waals surface area contributed by atoms with Crippen molar-refractivity contribution in [3.63, 3.8) is 0 Å². The van der Waals surface area contributed by atoms with E-state index in [2.05, 4.69) is 36.1 Å². The van der Waals surface area contributed by atoms with E-state index in [1.165, 1.54) is 6.42 Å². The number of nitrogens with one attached hydrogen (secondary N) is 1. The van der Waals surface area contributed by atoms with Crippen LogP contribution in [0.25, 0.3) is 0 Å². The first-order valence-electron chi connectivity index (χ1n) is 7.76. The van der Waals surface area contributed by atoms with Gasteiger partial charge in [-0.1, -0.05) is 6.92 Å². The maximum atomic E-state index is 11.4. The Balaban J connectivity index is 2.33. The van der Waals surface area contributed by atoms with Crippen LogP contribution in [0.4, 0.5) is 0 Å². The zero-order valence-electron chi connectivity index (χ0n) is 13.5. The van der Waals surface area contributed by atoms with Gasteiger partial charge in [-0.05, 0) is 66.3 Å². The standard InChI is InChI=1S/C15H31N3O2/c1-5-9-16-15(2,14(19)20)8-6-10-18-11-7-13(12-18)17(3)4/h13,16H,5-12H2,1-4H3,(H,19,20). The minimum absolute atomic E-state index is 0.652. The molecular formula is C15H31N3O2. The Kier molecular flexibility index (Phi) is 6.92. The van der Waals surface area contributed by atoms with Gasteiger partial charge in [-0.2, -0.15) is 0 Å². The van der Waals surface area contributed by atoms with Crippen molar-refractivity contribution >= 4 is 5.97 Å². The molecule has 0 aliphatic carbocycles. The van der Waals surface area contributed by atoms with E-state index >= 15 is 0 Å². The molecule has 0 aromatic carbocycles. The largest absolute Gasteiger partial charge is 0.480 e. The summed E-state index contributed by atoms with van der Waals surface area (Å²) in [7, 11) is 4.26. The molecule has 1 rings (SSSR count). The molecule has 1 saturated heterocycles. The first-order chi connectivity index (χ1) is 9.39. The highest BCUT2D eigenvalue weighted by atomic mass is 16.4. The smallest absolute Gasteiger partial charge is 0.323 e. The number of carbonyl (C=O) groups is 1. The molecule has 0 amide bonds. The van der Waals surface area contributed by atoms with Gasteiger partial charge in [0.1, 0.15) is 5.54 Å². The van der Waals surface area contributed by atoms with Gasteiger partial charge in [-0.15, -0.1) is 0 Å². The molecule has 20 heavy (non-hydrogen) atoms. The fraction of sp³-hybridized carbons (Fsp3) is 0.933. The molecule has 1 fully saturated rings. The summed E-state index contributed by atoms with van der Waals surface area (Å²) in [6.07, 6.45) is 3.79. The Bertz CT molecular complexity index is 309. The number of aliphatic carboxylic acids is 1. The normalized spacial score (nSPS) is 23.1. The molecule has 5 nitrogen and oxygen atoms in total. The van der Waals surface area contributed by atoms with Gasteiger partial charge >= 0.3 is 5.97 Å². The van der Waals surface area contributed by atoms with E-state index in [1.807, 2.05) is 0 Å². The lowest BCUT2D eigenvalue weighted by molar-refractivity contribution is -0.144. The summed E-state index contributed by atoms with van der Waals surface area (Å²) in [5.74, 6) is -0.737. The van der Waals surface area contributed by atoms with Crippen molar-refractivity contribution in [1.29, 1.82) is 0 Å². The zero-order valence-corrected chi connectivity index (χ0v) is 13.5. The van der Waals surface area contributed by atoms with Crippen molar-refractivity contribution in [3.05, 3.63) is 0 Å². The van der Waals surface area contributed by atoms with Crippen LogP contribution in [0.15, 0.2) is 0 Å². The van der Waals surface area contributed by atoms with E-state index < -0.39 is 11.5 Å². The molecule has 0 bridgehead atoms. The van der Waals surface area contributed by atoms with Crippen LogP contribution in [0.3, 0.4) is 0 Å². The molecular weight excluding hydrogens is 254 g/mol.